The maximum Gasteiger partial charge on any atom is 0.128 e. The van der Waals surface area contributed by atoms with E-state index in [0.29, 0.717) is 11.4 Å². The van der Waals surface area contributed by atoms with Gasteiger partial charge in [-0.15, -0.1) is 0 Å². The summed E-state index contributed by atoms with van der Waals surface area (Å²) in [6.45, 7) is 4.11. The van der Waals surface area contributed by atoms with Gasteiger partial charge < -0.3 is 15.2 Å². The summed E-state index contributed by atoms with van der Waals surface area (Å²) in [4.78, 5) is 0. The normalized spacial score (nSPS) is 10.8. The Morgan fingerprint density at radius 2 is 1.95 bits per heavy atom. The van der Waals surface area contributed by atoms with Crippen molar-refractivity contribution in [1.29, 1.82) is 0 Å². The van der Waals surface area contributed by atoms with Crippen LogP contribution in [0.2, 0.25) is 0 Å². The van der Waals surface area contributed by atoms with Gasteiger partial charge in [0, 0.05) is 17.8 Å². The third-order valence-corrected chi connectivity index (χ3v) is 2.95. The molecule has 102 valence electrons. The molecule has 0 fully saturated rings. The van der Waals surface area contributed by atoms with Gasteiger partial charge in [0.15, 0.2) is 0 Å². The first-order chi connectivity index (χ1) is 9.06. The standard InChI is InChI=1S/C14H19N3O2/c1-9(2)17-8-12(15)14(16-17)11-7-10(18-3)5-6-13(11)19-4/h5-9H,15H2,1-4H3. The first-order valence-electron chi connectivity index (χ1n) is 6.13. The van der Waals surface area contributed by atoms with Gasteiger partial charge >= 0.3 is 0 Å². The Morgan fingerprint density at radius 1 is 1.21 bits per heavy atom. The number of nitrogens with zero attached hydrogens (tertiary/aromatic N) is 2. The van der Waals surface area contributed by atoms with Gasteiger partial charge in [0.25, 0.3) is 0 Å². The minimum Gasteiger partial charge on any atom is -0.497 e. The lowest BCUT2D eigenvalue weighted by Gasteiger charge is -2.09. The lowest BCUT2D eigenvalue weighted by molar-refractivity contribution is 0.404. The number of nitrogens with two attached hydrogens (primary N) is 1. The van der Waals surface area contributed by atoms with Crippen LogP contribution in [0.4, 0.5) is 5.69 Å². The first kappa shape index (κ1) is 13.3. The molecule has 5 heteroatoms. The van der Waals surface area contributed by atoms with E-state index in [9.17, 15) is 0 Å². The predicted molar refractivity (Wildman–Crippen MR) is 75.6 cm³/mol. The van der Waals surface area contributed by atoms with E-state index in [4.69, 9.17) is 15.2 Å². The highest BCUT2D eigenvalue weighted by Gasteiger charge is 2.15. The van der Waals surface area contributed by atoms with E-state index in [1.165, 1.54) is 0 Å². The summed E-state index contributed by atoms with van der Waals surface area (Å²) in [5.41, 5.74) is 8.22. The van der Waals surface area contributed by atoms with Crippen LogP contribution >= 0.6 is 0 Å². The number of rotatable bonds is 4. The quantitative estimate of drug-likeness (QED) is 0.919. The fraction of sp³-hybridized carbons (Fsp3) is 0.357. The molecule has 5 nitrogen and oxygen atoms in total. The Morgan fingerprint density at radius 3 is 2.47 bits per heavy atom. The molecule has 1 heterocycles. The molecule has 2 aromatic rings. The van der Waals surface area contributed by atoms with E-state index in [2.05, 4.69) is 18.9 Å². The molecule has 0 aliphatic rings. The maximum absolute atomic E-state index is 6.05. The lowest BCUT2D eigenvalue weighted by Crippen LogP contribution is -2.01. The molecule has 0 unspecified atom stereocenters. The predicted octanol–water partition coefficient (Wildman–Crippen LogP) is 2.73. The van der Waals surface area contributed by atoms with E-state index >= 15 is 0 Å². The molecular weight excluding hydrogens is 242 g/mol. The molecule has 1 aromatic heterocycles. The maximum atomic E-state index is 6.05. The monoisotopic (exact) mass is 261 g/mol. The molecule has 0 radical (unpaired) electrons. The molecule has 0 saturated carbocycles. The zero-order chi connectivity index (χ0) is 14.0. The van der Waals surface area contributed by atoms with Gasteiger partial charge in [0.2, 0.25) is 0 Å². The average Bonchev–Trinajstić information content (AvgIpc) is 2.80. The third kappa shape index (κ3) is 2.50. The van der Waals surface area contributed by atoms with Crippen LogP contribution in [0.1, 0.15) is 19.9 Å². The van der Waals surface area contributed by atoms with Gasteiger partial charge in [-0.25, -0.2) is 0 Å². The molecule has 2 rings (SSSR count). The van der Waals surface area contributed by atoms with E-state index in [1.807, 2.05) is 29.1 Å². The molecule has 19 heavy (non-hydrogen) atoms. The number of hydrogen-bond acceptors (Lipinski definition) is 4. The van der Waals surface area contributed by atoms with Crippen molar-refractivity contribution in [3.8, 4) is 22.8 Å². The van der Waals surface area contributed by atoms with Gasteiger partial charge in [-0.1, -0.05) is 0 Å². The number of aromatic nitrogens is 2. The number of nitrogen functional groups attached to an aromatic ring is 1. The molecule has 0 aliphatic carbocycles. The number of benzene rings is 1. The van der Waals surface area contributed by atoms with Crippen molar-refractivity contribution in [2.45, 2.75) is 19.9 Å². The summed E-state index contributed by atoms with van der Waals surface area (Å²) >= 11 is 0. The van der Waals surface area contributed by atoms with E-state index in [-0.39, 0.29) is 6.04 Å². The van der Waals surface area contributed by atoms with E-state index in [1.54, 1.807) is 14.2 Å². The molecule has 0 amide bonds. The van der Waals surface area contributed by atoms with Crippen LogP contribution in [-0.4, -0.2) is 24.0 Å². The molecule has 1 aromatic carbocycles. The SMILES string of the molecule is COc1ccc(OC)c(-c2nn(C(C)C)cc2N)c1. The number of ether oxygens (including phenoxy) is 2. The van der Waals surface area contributed by atoms with Crippen molar-refractivity contribution in [3.05, 3.63) is 24.4 Å². The zero-order valence-electron chi connectivity index (χ0n) is 11.7. The van der Waals surface area contributed by atoms with Crippen molar-refractivity contribution >= 4 is 5.69 Å². The molecule has 0 saturated heterocycles. The second-order valence-electron chi connectivity index (χ2n) is 4.57. The van der Waals surface area contributed by atoms with Gasteiger partial charge in [0.05, 0.1) is 19.9 Å². The molecule has 0 bridgehead atoms. The molecular formula is C14H19N3O2. The van der Waals surface area contributed by atoms with Crippen molar-refractivity contribution in [2.75, 3.05) is 20.0 Å². The highest BCUT2D eigenvalue weighted by molar-refractivity contribution is 5.77. The van der Waals surface area contributed by atoms with Gasteiger partial charge in [-0.05, 0) is 32.0 Å². The minimum atomic E-state index is 0.257. The Balaban J connectivity index is 2.56. The average molecular weight is 261 g/mol. The fourth-order valence-electron chi connectivity index (χ4n) is 1.88. The van der Waals surface area contributed by atoms with Gasteiger partial charge in [-0.3, -0.25) is 4.68 Å². The number of hydrogen-bond donors (Lipinski definition) is 1. The third-order valence-electron chi connectivity index (χ3n) is 2.95. The van der Waals surface area contributed by atoms with E-state index in [0.717, 1.165) is 17.1 Å². The van der Waals surface area contributed by atoms with Crippen LogP contribution in [0.5, 0.6) is 11.5 Å². The number of methoxy groups -OCH3 is 2. The van der Waals surface area contributed by atoms with Gasteiger partial charge in [-0.2, -0.15) is 5.10 Å². The summed E-state index contributed by atoms with van der Waals surface area (Å²) in [5, 5.41) is 4.52. The smallest absolute Gasteiger partial charge is 0.128 e. The van der Waals surface area contributed by atoms with Crippen LogP contribution < -0.4 is 15.2 Å². The summed E-state index contributed by atoms with van der Waals surface area (Å²) in [6, 6.07) is 5.83. The van der Waals surface area contributed by atoms with Crippen LogP contribution in [0, 0.1) is 0 Å². The Kier molecular flexibility index (Phi) is 3.64. The summed E-state index contributed by atoms with van der Waals surface area (Å²) in [7, 11) is 3.25. The molecule has 0 aliphatic heterocycles. The van der Waals surface area contributed by atoms with Crippen molar-refractivity contribution < 1.29 is 9.47 Å². The Hall–Kier alpha value is -2.17. The summed E-state index contributed by atoms with van der Waals surface area (Å²) in [6.07, 6.45) is 1.83. The fourth-order valence-corrected chi connectivity index (χ4v) is 1.88. The second kappa shape index (κ2) is 5.22. The minimum absolute atomic E-state index is 0.257. The van der Waals surface area contributed by atoms with Gasteiger partial charge in [0.1, 0.15) is 17.2 Å². The molecule has 0 atom stereocenters. The largest absolute Gasteiger partial charge is 0.497 e. The number of anilines is 1. The van der Waals surface area contributed by atoms with Crippen LogP contribution in [-0.2, 0) is 0 Å². The van der Waals surface area contributed by atoms with Crippen LogP contribution in [0.3, 0.4) is 0 Å². The Labute approximate surface area is 112 Å². The van der Waals surface area contributed by atoms with Crippen molar-refractivity contribution in [1.82, 2.24) is 9.78 Å². The molecule has 0 spiro atoms. The Bertz CT molecular complexity index is 576. The summed E-state index contributed by atoms with van der Waals surface area (Å²) in [5.74, 6) is 1.47. The topological polar surface area (TPSA) is 62.3 Å². The van der Waals surface area contributed by atoms with E-state index < -0.39 is 0 Å². The first-order valence-corrected chi connectivity index (χ1v) is 6.13. The van der Waals surface area contributed by atoms with Crippen molar-refractivity contribution in [3.63, 3.8) is 0 Å². The second-order valence-corrected chi connectivity index (χ2v) is 4.57. The van der Waals surface area contributed by atoms with Crippen LogP contribution in [0.25, 0.3) is 11.3 Å². The summed E-state index contributed by atoms with van der Waals surface area (Å²) < 4.78 is 12.4. The lowest BCUT2D eigenvalue weighted by atomic mass is 10.1. The van der Waals surface area contributed by atoms with Crippen molar-refractivity contribution in [2.24, 2.45) is 0 Å². The highest BCUT2D eigenvalue weighted by Crippen LogP contribution is 2.35. The molecule has 2 N–H and O–H groups in total. The highest BCUT2D eigenvalue weighted by atomic mass is 16.5. The van der Waals surface area contributed by atoms with Crippen LogP contribution in [0.15, 0.2) is 24.4 Å². The zero-order valence-corrected chi connectivity index (χ0v) is 11.7.